The first-order valence-corrected chi connectivity index (χ1v) is 7.53. The van der Waals surface area contributed by atoms with Crippen molar-refractivity contribution in [2.24, 2.45) is 0 Å². The molecule has 0 spiro atoms. The average molecular weight is 373 g/mol. The zero-order valence-electron chi connectivity index (χ0n) is 13.1. The third kappa shape index (κ3) is 2.94. The molecule has 0 aliphatic carbocycles. The maximum Gasteiger partial charge on any atom is 0.430 e. The largest absolute Gasteiger partial charge is 0.430 e. The second kappa shape index (κ2) is 6.05. The summed E-state index contributed by atoms with van der Waals surface area (Å²) < 4.78 is 79.7. The van der Waals surface area contributed by atoms with E-state index in [1.165, 1.54) is 6.07 Å². The molecule has 3 rings (SSSR count). The smallest absolute Gasteiger partial charge is 0.369 e. The second-order valence-corrected chi connectivity index (χ2v) is 5.91. The summed E-state index contributed by atoms with van der Waals surface area (Å²) in [6, 6.07) is 13.1. The number of aromatic nitrogens is 1. The molecule has 0 radical (unpaired) electrons. The first-order chi connectivity index (χ1) is 12.0. The van der Waals surface area contributed by atoms with Crippen LogP contribution in [0.1, 0.15) is 11.1 Å². The summed E-state index contributed by atoms with van der Waals surface area (Å²) in [5.74, 6) is 0. The molecule has 2 aromatic carbocycles. The van der Waals surface area contributed by atoms with Crippen LogP contribution in [-0.4, -0.2) is 22.0 Å². The highest BCUT2D eigenvalue weighted by molar-refractivity contribution is 5.81. The number of rotatable bonds is 3. The van der Waals surface area contributed by atoms with Crippen LogP contribution in [0.2, 0.25) is 0 Å². The van der Waals surface area contributed by atoms with Gasteiger partial charge in [0, 0.05) is 23.8 Å². The fourth-order valence-corrected chi connectivity index (χ4v) is 2.83. The molecule has 0 amide bonds. The molecule has 1 N–H and O–H groups in total. The molecule has 1 heterocycles. The highest BCUT2D eigenvalue weighted by atomic mass is 19.4. The summed E-state index contributed by atoms with van der Waals surface area (Å²) in [5.41, 5.74) is -4.79. The van der Waals surface area contributed by atoms with Crippen molar-refractivity contribution in [1.82, 2.24) is 4.57 Å². The first-order valence-electron chi connectivity index (χ1n) is 7.53. The van der Waals surface area contributed by atoms with Gasteiger partial charge in [0.25, 0.3) is 5.60 Å². The van der Waals surface area contributed by atoms with Gasteiger partial charge in [-0.25, -0.2) is 0 Å². The minimum absolute atomic E-state index is 0.172. The third-order valence-corrected chi connectivity index (χ3v) is 4.21. The molecular formula is C18H13F6NO. The van der Waals surface area contributed by atoms with Crippen LogP contribution in [-0.2, 0) is 12.1 Å². The summed E-state index contributed by atoms with van der Waals surface area (Å²) in [5, 5.41) is 9.67. The first kappa shape index (κ1) is 18.3. The third-order valence-electron chi connectivity index (χ3n) is 4.21. The van der Waals surface area contributed by atoms with Gasteiger partial charge in [-0.05, 0) is 29.1 Å². The van der Waals surface area contributed by atoms with Gasteiger partial charge in [-0.3, -0.25) is 0 Å². The maximum atomic E-state index is 13.0. The average Bonchev–Trinajstić information content (AvgIpc) is 2.95. The van der Waals surface area contributed by atoms with Crippen molar-refractivity contribution in [3.05, 3.63) is 71.9 Å². The molecule has 3 aromatic rings. The molecule has 26 heavy (non-hydrogen) atoms. The van der Waals surface area contributed by atoms with E-state index in [1.807, 2.05) is 30.3 Å². The maximum absolute atomic E-state index is 13.0. The summed E-state index contributed by atoms with van der Waals surface area (Å²) in [6.07, 6.45) is -10.2. The van der Waals surface area contributed by atoms with E-state index < -0.39 is 23.5 Å². The molecule has 0 aliphatic rings. The lowest BCUT2D eigenvalue weighted by molar-refractivity contribution is -0.376. The van der Waals surface area contributed by atoms with Crippen LogP contribution in [0.4, 0.5) is 26.3 Å². The fraction of sp³-hybridized carbons (Fsp3) is 0.222. The Hall–Kier alpha value is -2.48. The van der Waals surface area contributed by atoms with Gasteiger partial charge in [0.1, 0.15) is 0 Å². The van der Waals surface area contributed by atoms with Crippen LogP contribution < -0.4 is 0 Å². The zero-order valence-corrected chi connectivity index (χ0v) is 13.1. The Bertz CT molecular complexity index is 897. The van der Waals surface area contributed by atoms with Crippen LogP contribution in [0.25, 0.3) is 10.9 Å². The molecule has 0 atom stereocenters. The number of hydrogen-bond donors (Lipinski definition) is 1. The summed E-state index contributed by atoms with van der Waals surface area (Å²) in [7, 11) is 0. The Balaban J connectivity index is 2.05. The van der Waals surface area contributed by atoms with Crippen molar-refractivity contribution in [3.8, 4) is 0 Å². The van der Waals surface area contributed by atoms with Crippen molar-refractivity contribution >= 4 is 10.9 Å². The molecule has 0 saturated carbocycles. The van der Waals surface area contributed by atoms with E-state index in [4.69, 9.17) is 0 Å². The number of fused-ring (bicyclic) bond motifs is 1. The lowest BCUT2D eigenvalue weighted by Crippen LogP contribution is -2.53. The lowest BCUT2D eigenvalue weighted by atomic mass is 9.91. The van der Waals surface area contributed by atoms with Gasteiger partial charge in [0.15, 0.2) is 0 Å². The van der Waals surface area contributed by atoms with Gasteiger partial charge >= 0.3 is 12.4 Å². The van der Waals surface area contributed by atoms with Crippen LogP contribution in [0, 0.1) is 0 Å². The highest BCUT2D eigenvalue weighted by Crippen LogP contribution is 2.50. The monoisotopic (exact) mass is 373 g/mol. The van der Waals surface area contributed by atoms with E-state index in [0.717, 1.165) is 17.7 Å². The Labute approximate surface area is 144 Å². The Morgan fingerprint density at radius 2 is 1.42 bits per heavy atom. The molecule has 0 unspecified atom stereocenters. The predicted octanol–water partition coefficient (Wildman–Crippen LogP) is 5.00. The topological polar surface area (TPSA) is 25.2 Å². The molecule has 138 valence electrons. The standard InChI is InChI=1S/C18H13F6NO/c19-17(20,21)16(26,18(22,23)24)14-6-7-15-13(10-14)8-9-25(15)11-12-4-2-1-3-5-12/h1-10,26H,11H2. The van der Waals surface area contributed by atoms with E-state index >= 15 is 0 Å². The zero-order chi connectivity index (χ0) is 19.2. The van der Waals surface area contributed by atoms with Gasteiger partial charge < -0.3 is 9.67 Å². The lowest BCUT2D eigenvalue weighted by Gasteiger charge is -2.32. The SMILES string of the molecule is OC(c1ccc2c(ccn2Cc2ccccc2)c1)(C(F)(F)F)C(F)(F)F. The summed E-state index contributed by atoms with van der Waals surface area (Å²) in [6.45, 7) is 0.409. The Morgan fingerprint density at radius 3 is 2.00 bits per heavy atom. The fourth-order valence-electron chi connectivity index (χ4n) is 2.83. The van der Waals surface area contributed by atoms with Crippen LogP contribution in [0.15, 0.2) is 60.8 Å². The number of alkyl halides is 6. The van der Waals surface area contributed by atoms with Gasteiger partial charge in [-0.1, -0.05) is 36.4 Å². The van der Waals surface area contributed by atoms with Gasteiger partial charge in [-0.15, -0.1) is 0 Å². The number of hydrogen-bond acceptors (Lipinski definition) is 1. The summed E-state index contributed by atoms with van der Waals surface area (Å²) in [4.78, 5) is 0. The van der Waals surface area contributed by atoms with Crippen molar-refractivity contribution in [3.63, 3.8) is 0 Å². The van der Waals surface area contributed by atoms with Crippen molar-refractivity contribution in [2.45, 2.75) is 24.5 Å². The van der Waals surface area contributed by atoms with Crippen LogP contribution in [0.5, 0.6) is 0 Å². The second-order valence-electron chi connectivity index (χ2n) is 5.91. The molecule has 0 saturated heterocycles. The molecule has 0 bridgehead atoms. The quantitative estimate of drug-likeness (QED) is 0.642. The minimum Gasteiger partial charge on any atom is -0.369 e. The van der Waals surface area contributed by atoms with E-state index in [2.05, 4.69) is 0 Å². The van der Waals surface area contributed by atoms with E-state index in [9.17, 15) is 31.4 Å². The number of halogens is 6. The number of nitrogens with zero attached hydrogens (tertiary/aromatic N) is 1. The molecule has 0 aliphatic heterocycles. The number of benzene rings is 2. The van der Waals surface area contributed by atoms with Gasteiger partial charge in [-0.2, -0.15) is 26.3 Å². The van der Waals surface area contributed by atoms with E-state index in [-0.39, 0.29) is 5.39 Å². The van der Waals surface area contributed by atoms with E-state index in [1.54, 1.807) is 10.8 Å². The van der Waals surface area contributed by atoms with Crippen LogP contribution >= 0.6 is 0 Å². The Kier molecular flexibility index (Phi) is 4.26. The minimum atomic E-state index is -5.90. The van der Waals surface area contributed by atoms with E-state index in [0.29, 0.717) is 18.1 Å². The predicted molar refractivity (Wildman–Crippen MR) is 83.5 cm³/mol. The van der Waals surface area contributed by atoms with Gasteiger partial charge in [0.2, 0.25) is 0 Å². The molecular weight excluding hydrogens is 360 g/mol. The van der Waals surface area contributed by atoms with Crippen molar-refractivity contribution in [2.75, 3.05) is 0 Å². The van der Waals surface area contributed by atoms with Crippen LogP contribution in [0.3, 0.4) is 0 Å². The number of aliphatic hydroxyl groups is 1. The highest BCUT2D eigenvalue weighted by Gasteiger charge is 2.71. The summed E-state index contributed by atoms with van der Waals surface area (Å²) >= 11 is 0. The van der Waals surface area contributed by atoms with Crippen molar-refractivity contribution < 1.29 is 31.4 Å². The van der Waals surface area contributed by atoms with Gasteiger partial charge in [0.05, 0.1) is 0 Å². The molecule has 8 heteroatoms. The molecule has 2 nitrogen and oxygen atoms in total. The molecule has 1 aromatic heterocycles. The normalized spacial score (nSPS) is 13.3. The Morgan fingerprint density at radius 1 is 0.808 bits per heavy atom. The van der Waals surface area contributed by atoms with Crippen molar-refractivity contribution in [1.29, 1.82) is 0 Å². The molecule has 0 fully saturated rings.